The van der Waals surface area contributed by atoms with Gasteiger partial charge in [-0.1, -0.05) is 0 Å². The lowest BCUT2D eigenvalue weighted by molar-refractivity contribution is 0.0720. The van der Waals surface area contributed by atoms with Crippen LogP contribution in [0.3, 0.4) is 0 Å². The summed E-state index contributed by atoms with van der Waals surface area (Å²) in [6.07, 6.45) is 0. The maximum absolute atomic E-state index is 14.2. The summed E-state index contributed by atoms with van der Waals surface area (Å²) in [5.41, 5.74) is -0.570. The Labute approximate surface area is 160 Å². The monoisotopic (exact) mass is 406 g/mol. The van der Waals surface area contributed by atoms with Crippen molar-refractivity contribution in [1.29, 1.82) is 0 Å². The first-order valence-corrected chi connectivity index (χ1v) is 7.92. The van der Waals surface area contributed by atoms with Crippen LogP contribution in [0.25, 0.3) is 0 Å². The zero-order valence-corrected chi connectivity index (χ0v) is 14.3. The van der Waals surface area contributed by atoms with Gasteiger partial charge in [0.1, 0.15) is 17.3 Å². The summed E-state index contributed by atoms with van der Waals surface area (Å²) in [5, 5.41) is 9.19. The first-order valence-electron chi connectivity index (χ1n) is 7.92. The highest BCUT2D eigenvalue weighted by Crippen LogP contribution is 2.24. The predicted octanol–water partition coefficient (Wildman–Crippen LogP) is 4.39. The van der Waals surface area contributed by atoms with Crippen molar-refractivity contribution in [2.45, 2.75) is 0 Å². The van der Waals surface area contributed by atoms with Crippen LogP contribution in [0.15, 0.2) is 54.6 Å². The van der Waals surface area contributed by atoms with Crippen molar-refractivity contribution < 1.29 is 41.7 Å². The number of carbonyl (C=O) groups is 2. The molecule has 0 heterocycles. The minimum Gasteiger partial charge on any atom is -0.508 e. The van der Waals surface area contributed by atoms with E-state index in [0.29, 0.717) is 12.1 Å². The van der Waals surface area contributed by atoms with Crippen LogP contribution in [0.2, 0.25) is 0 Å². The highest BCUT2D eigenvalue weighted by atomic mass is 19.2. The fraction of sp³-hybridized carbons (Fsp3) is 0. The summed E-state index contributed by atoms with van der Waals surface area (Å²) < 4.78 is 63.4. The molecule has 0 radical (unpaired) electrons. The van der Waals surface area contributed by atoms with Crippen LogP contribution in [-0.4, -0.2) is 17.0 Å². The largest absolute Gasteiger partial charge is 0.508 e. The SMILES string of the molecule is O=C(Oc1ccc(C(=O)Oc2ccc(F)c(F)c2F)c(F)c1)c1ccc(O)cc1. The van der Waals surface area contributed by atoms with Gasteiger partial charge in [-0.15, -0.1) is 0 Å². The Kier molecular flexibility index (Phi) is 5.49. The summed E-state index contributed by atoms with van der Waals surface area (Å²) in [6, 6.07) is 9.03. The summed E-state index contributed by atoms with van der Waals surface area (Å²) >= 11 is 0. The number of esters is 2. The number of aromatic hydroxyl groups is 1. The van der Waals surface area contributed by atoms with Crippen LogP contribution in [0.5, 0.6) is 17.2 Å². The Morgan fingerprint density at radius 2 is 1.41 bits per heavy atom. The van der Waals surface area contributed by atoms with Gasteiger partial charge in [-0.25, -0.2) is 22.8 Å². The maximum Gasteiger partial charge on any atom is 0.346 e. The Balaban J connectivity index is 1.75. The molecule has 0 fully saturated rings. The van der Waals surface area contributed by atoms with E-state index in [-0.39, 0.29) is 17.1 Å². The Hall–Kier alpha value is -3.88. The minimum absolute atomic E-state index is 0.0621. The summed E-state index contributed by atoms with van der Waals surface area (Å²) in [6.45, 7) is 0. The highest BCUT2D eigenvalue weighted by Gasteiger charge is 2.21. The van der Waals surface area contributed by atoms with Crippen molar-refractivity contribution in [3.63, 3.8) is 0 Å². The van der Waals surface area contributed by atoms with E-state index in [2.05, 4.69) is 4.74 Å². The quantitative estimate of drug-likeness (QED) is 0.301. The van der Waals surface area contributed by atoms with Crippen LogP contribution in [0, 0.1) is 23.3 Å². The second-order valence-corrected chi connectivity index (χ2v) is 5.64. The average molecular weight is 406 g/mol. The van der Waals surface area contributed by atoms with Gasteiger partial charge in [0.2, 0.25) is 5.82 Å². The van der Waals surface area contributed by atoms with Gasteiger partial charge in [0.05, 0.1) is 11.1 Å². The molecule has 0 aliphatic carbocycles. The fourth-order valence-electron chi connectivity index (χ4n) is 2.23. The van der Waals surface area contributed by atoms with E-state index in [1.807, 2.05) is 0 Å². The lowest BCUT2D eigenvalue weighted by Crippen LogP contribution is -2.13. The summed E-state index contributed by atoms with van der Waals surface area (Å²) in [5.74, 6) is -9.65. The zero-order chi connectivity index (χ0) is 21.1. The van der Waals surface area contributed by atoms with Crippen molar-refractivity contribution in [3.05, 3.63) is 89.0 Å². The smallest absolute Gasteiger partial charge is 0.346 e. The standard InChI is InChI=1S/C20H10F4O5/c21-14-7-8-16(18(24)17(14)23)29-20(27)13-6-5-12(9-15(13)22)28-19(26)10-1-3-11(25)4-2-10/h1-9,25H. The second kappa shape index (κ2) is 8.01. The van der Waals surface area contributed by atoms with E-state index < -0.39 is 46.5 Å². The van der Waals surface area contributed by atoms with Gasteiger partial charge >= 0.3 is 11.9 Å². The van der Waals surface area contributed by atoms with Crippen LogP contribution in [0.1, 0.15) is 20.7 Å². The molecule has 0 saturated heterocycles. The van der Waals surface area contributed by atoms with Gasteiger partial charge in [-0.2, -0.15) is 4.39 Å². The number of phenolic OH excluding ortho intramolecular Hbond substituents is 1. The molecule has 1 N–H and O–H groups in total. The summed E-state index contributed by atoms with van der Waals surface area (Å²) in [4.78, 5) is 24.0. The van der Waals surface area contributed by atoms with Crippen LogP contribution in [-0.2, 0) is 0 Å². The van der Waals surface area contributed by atoms with Crippen LogP contribution >= 0.6 is 0 Å². The van der Waals surface area contributed by atoms with E-state index in [9.17, 15) is 32.3 Å². The molecule has 3 rings (SSSR count). The molecule has 0 atom stereocenters. The molecule has 0 unspecified atom stereocenters. The third-order valence-electron chi connectivity index (χ3n) is 3.68. The molecule has 0 saturated carbocycles. The number of hydrogen-bond acceptors (Lipinski definition) is 5. The number of rotatable bonds is 4. The molecule has 0 aliphatic heterocycles. The second-order valence-electron chi connectivity index (χ2n) is 5.64. The molecule has 29 heavy (non-hydrogen) atoms. The van der Waals surface area contributed by atoms with E-state index >= 15 is 0 Å². The summed E-state index contributed by atoms with van der Waals surface area (Å²) in [7, 11) is 0. The molecule has 0 aliphatic rings. The number of carbonyl (C=O) groups excluding carboxylic acids is 2. The predicted molar refractivity (Wildman–Crippen MR) is 90.7 cm³/mol. The number of hydrogen-bond donors (Lipinski definition) is 1. The first kappa shape index (κ1) is 19.9. The molecule has 0 bridgehead atoms. The molecule has 3 aromatic rings. The van der Waals surface area contributed by atoms with E-state index in [4.69, 9.17) is 4.74 Å². The number of ether oxygens (including phenoxy) is 2. The van der Waals surface area contributed by atoms with Crippen molar-refractivity contribution in [3.8, 4) is 17.2 Å². The maximum atomic E-state index is 14.2. The van der Waals surface area contributed by atoms with E-state index in [0.717, 1.165) is 18.2 Å². The van der Waals surface area contributed by atoms with Gasteiger partial charge in [0.25, 0.3) is 0 Å². The normalized spacial score (nSPS) is 10.5. The zero-order valence-electron chi connectivity index (χ0n) is 14.3. The van der Waals surface area contributed by atoms with Crippen LogP contribution in [0.4, 0.5) is 17.6 Å². The molecule has 0 spiro atoms. The van der Waals surface area contributed by atoms with E-state index in [1.165, 1.54) is 24.3 Å². The van der Waals surface area contributed by atoms with Crippen molar-refractivity contribution >= 4 is 11.9 Å². The lowest BCUT2D eigenvalue weighted by atomic mass is 10.2. The van der Waals surface area contributed by atoms with Gasteiger partial charge in [-0.05, 0) is 48.5 Å². The number of halogens is 4. The lowest BCUT2D eigenvalue weighted by Gasteiger charge is -2.09. The third-order valence-corrected chi connectivity index (χ3v) is 3.68. The molecule has 9 heteroatoms. The van der Waals surface area contributed by atoms with Gasteiger partial charge in [-0.3, -0.25) is 0 Å². The van der Waals surface area contributed by atoms with Gasteiger partial charge in [0.15, 0.2) is 17.4 Å². The number of phenols is 1. The third kappa shape index (κ3) is 4.34. The molecule has 0 aromatic heterocycles. The Morgan fingerprint density at radius 3 is 2.07 bits per heavy atom. The minimum atomic E-state index is -1.84. The Bertz CT molecular complexity index is 1100. The molecule has 0 amide bonds. The molecule has 148 valence electrons. The topological polar surface area (TPSA) is 72.8 Å². The van der Waals surface area contributed by atoms with Gasteiger partial charge < -0.3 is 14.6 Å². The van der Waals surface area contributed by atoms with Crippen molar-refractivity contribution in [1.82, 2.24) is 0 Å². The molecular weight excluding hydrogens is 396 g/mol. The number of benzene rings is 3. The van der Waals surface area contributed by atoms with Crippen molar-refractivity contribution in [2.75, 3.05) is 0 Å². The van der Waals surface area contributed by atoms with Crippen LogP contribution < -0.4 is 9.47 Å². The molecule has 5 nitrogen and oxygen atoms in total. The highest BCUT2D eigenvalue weighted by molar-refractivity contribution is 5.93. The van der Waals surface area contributed by atoms with Crippen molar-refractivity contribution in [2.24, 2.45) is 0 Å². The molecule has 3 aromatic carbocycles. The molecular formula is C20H10F4O5. The fourth-order valence-corrected chi connectivity index (χ4v) is 2.23. The van der Waals surface area contributed by atoms with E-state index in [1.54, 1.807) is 0 Å². The average Bonchev–Trinajstić information content (AvgIpc) is 2.69. The first-order chi connectivity index (χ1) is 13.8. The Morgan fingerprint density at radius 1 is 0.724 bits per heavy atom. The van der Waals surface area contributed by atoms with Gasteiger partial charge in [0, 0.05) is 6.07 Å².